The average Bonchev–Trinajstić information content (AvgIpc) is 2.80. The van der Waals surface area contributed by atoms with Crippen LogP contribution in [0.25, 0.3) is 0 Å². The van der Waals surface area contributed by atoms with Gasteiger partial charge in [-0.1, -0.05) is 37.0 Å². The van der Waals surface area contributed by atoms with E-state index in [0.717, 1.165) is 0 Å². The first kappa shape index (κ1) is 13.2. The molecule has 0 aromatic carbocycles. The van der Waals surface area contributed by atoms with Crippen LogP contribution in [0, 0.1) is 17.3 Å². The summed E-state index contributed by atoms with van der Waals surface area (Å²) in [6.45, 7) is 6.81. The van der Waals surface area contributed by atoms with Crippen molar-refractivity contribution in [3.05, 3.63) is 10.6 Å². The Labute approximate surface area is 112 Å². The topological polar surface area (TPSA) is 29.5 Å². The lowest BCUT2D eigenvalue weighted by Crippen LogP contribution is -2.42. The summed E-state index contributed by atoms with van der Waals surface area (Å²) in [4.78, 5) is 14.2. The molecule has 0 spiro atoms. The SMILES string of the molecule is CC1(C)[C@H](C=C(Cl)Cl)[C@@H]1C(=O)N1CCOCC1. The molecule has 0 unspecified atom stereocenters. The standard InChI is InChI=1S/C12H17Cl2NO2/c1-12(2)8(7-9(13)14)10(12)11(16)15-3-5-17-6-4-15/h7-8,10H,3-6H2,1-2H3/t8-,10-/m1/s1. The van der Waals surface area contributed by atoms with Crippen molar-refractivity contribution in [2.75, 3.05) is 26.3 Å². The number of nitrogens with zero attached hydrogens (tertiary/aromatic N) is 1. The van der Waals surface area contributed by atoms with E-state index < -0.39 is 0 Å². The molecule has 0 aromatic rings. The fraction of sp³-hybridized carbons (Fsp3) is 0.750. The zero-order chi connectivity index (χ0) is 12.6. The van der Waals surface area contributed by atoms with E-state index in [-0.39, 0.29) is 27.6 Å². The molecule has 5 heteroatoms. The van der Waals surface area contributed by atoms with Gasteiger partial charge in [0, 0.05) is 13.1 Å². The minimum absolute atomic E-state index is 0.00750. The van der Waals surface area contributed by atoms with Gasteiger partial charge in [-0.25, -0.2) is 0 Å². The Bertz CT molecular complexity index is 344. The van der Waals surface area contributed by atoms with Gasteiger partial charge in [-0.2, -0.15) is 0 Å². The maximum atomic E-state index is 12.3. The second kappa shape index (κ2) is 4.79. The van der Waals surface area contributed by atoms with Crippen LogP contribution in [0.2, 0.25) is 0 Å². The first-order valence-corrected chi connectivity index (χ1v) is 6.59. The van der Waals surface area contributed by atoms with Crippen molar-refractivity contribution < 1.29 is 9.53 Å². The van der Waals surface area contributed by atoms with Crippen LogP contribution in [0.15, 0.2) is 10.6 Å². The quantitative estimate of drug-likeness (QED) is 0.776. The molecule has 1 saturated heterocycles. The van der Waals surface area contributed by atoms with Crippen molar-refractivity contribution in [2.24, 2.45) is 17.3 Å². The number of hydrogen-bond donors (Lipinski definition) is 0. The molecule has 2 aliphatic rings. The third kappa shape index (κ3) is 2.61. The summed E-state index contributed by atoms with van der Waals surface area (Å²) >= 11 is 11.4. The van der Waals surface area contributed by atoms with E-state index in [9.17, 15) is 4.79 Å². The molecule has 96 valence electrons. The number of morpholine rings is 1. The maximum absolute atomic E-state index is 12.3. The number of carbonyl (C=O) groups excluding carboxylic acids is 1. The Kier molecular flexibility index (Phi) is 3.71. The number of allylic oxidation sites excluding steroid dienone is 1. The predicted octanol–water partition coefficient (Wildman–Crippen LogP) is 2.44. The molecule has 2 rings (SSSR count). The van der Waals surface area contributed by atoms with E-state index in [2.05, 4.69) is 13.8 Å². The molecule has 2 atom stereocenters. The van der Waals surface area contributed by atoms with Crippen LogP contribution >= 0.6 is 23.2 Å². The van der Waals surface area contributed by atoms with Crippen molar-refractivity contribution in [3.63, 3.8) is 0 Å². The number of halogens is 2. The van der Waals surface area contributed by atoms with Crippen LogP contribution in [0.4, 0.5) is 0 Å². The Morgan fingerprint density at radius 3 is 2.47 bits per heavy atom. The first-order valence-electron chi connectivity index (χ1n) is 5.84. The van der Waals surface area contributed by atoms with Gasteiger partial charge in [-0.15, -0.1) is 0 Å². The fourth-order valence-corrected chi connectivity index (χ4v) is 2.85. The van der Waals surface area contributed by atoms with Crippen LogP contribution in [-0.4, -0.2) is 37.1 Å². The summed E-state index contributed by atoms with van der Waals surface area (Å²) in [5.41, 5.74) is -0.0373. The molecule has 1 aliphatic heterocycles. The highest BCUT2D eigenvalue weighted by Gasteiger charge is 2.61. The first-order chi connectivity index (χ1) is 7.94. The van der Waals surface area contributed by atoms with E-state index >= 15 is 0 Å². The molecule has 1 heterocycles. The molecule has 17 heavy (non-hydrogen) atoms. The molecular weight excluding hydrogens is 261 g/mol. The van der Waals surface area contributed by atoms with Gasteiger partial charge in [0.15, 0.2) is 0 Å². The Balaban J connectivity index is 2.03. The summed E-state index contributed by atoms with van der Waals surface area (Å²) < 4.78 is 5.50. The van der Waals surface area contributed by atoms with Crippen LogP contribution in [0.3, 0.4) is 0 Å². The van der Waals surface area contributed by atoms with Crippen molar-refractivity contribution in [2.45, 2.75) is 13.8 Å². The van der Waals surface area contributed by atoms with E-state index in [1.807, 2.05) is 4.90 Å². The lowest BCUT2D eigenvalue weighted by atomic mass is 10.1. The molecular formula is C12H17Cl2NO2. The van der Waals surface area contributed by atoms with Gasteiger partial charge in [0.2, 0.25) is 5.91 Å². The highest BCUT2D eigenvalue weighted by atomic mass is 35.5. The Hall–Kier alpha value is -0.250. The van der Waals surface area contributed by atoms with Gasteiger partial charge in [0.1, 0.15) is 4.49 Å². The van der Waals surface area contributed by atoms with E-state index in [4.69, 9.17) is 27.9 Å². The summed E-state index contributed by atoms with van der Waals surface area (Å²) in [7, 11) is 0. The summed E-state index contributed by atoms with van der Waals surface area (Å²) in [5.74, 6) is 0.366. The second-order valence-corrected chi connectivity index (χ2v) is 6.23. The molecule has 0 aromatic heterocycles. The molecule has 1 saturated carbocycles. The van der Waals surface area contributed by atoms with E-state index in [1.54, 1.807) is 6.08 Å². The minimum atomic E-state index is -0.0373. The number of ether oxygens (including phenoxy) is 1. The van der Waals surface area contributed by atoms with Crippen LogP contribution in [0.5, 0.6) is 0 Å². The lowest BCUT2D eigenvalue weighted by molar-refractivity contribution is -0.137. The van der Waals surface area contributed by atoms with Crippen molar-refractivity contribution in [1.82, 2.24) is 4.90 Å². The number of carbonyl (C=O) groups is 1. The molecule has 0 bridgehead atoms. The van der Waals surface area contributed by atoms with Gasteiger partial charge < -0.3 is 9.64 Å². The lowest BCUT2D eigenvalue weighted by Gasteiger charge is -2.27. The zero-order valence-electron chi connectivity index (χ0n) is 10.1. The van der Waals surface area contributed by atoms with Gasteiger partial charge in [0.25, 0.3) is 0 Å². The zero-order valence-corrected chi connectivity index (χ0v) is 11.6. The normalized spacial score (nSPS) is 30.9. The van der Waals surface area contributed by atoms with E-state index in [0.29, 0.717) is 26.3 Å². The average molecular weight is 278 g/mol. The van der Waals surface area contributed by atoms with Gasteiger partial charge in [-0.3, -0.25) is 4.79 Å². The molecule has 1 amide bonds. The Morgan fingerprint density at radius 2 is 1.94 bits per heavy atom. The highest BCUT2D eigenvalue weighted by molar-refractivity contribution is 6.55. The third-order valence-corrected chi connectivity index (χ3v) is 4.06. The highest BCUT2D eigenvalue weighted by Crippen LogP contribution is 2.60. The fourth-order valence-electron chi connectivity index (χ4n) is 2.58. The van der Waals surface area contributed by atoms with Crippen LogP contribution in [0.1, 0.15) is 13.8 Å². The number of hydrogen-bond acceptors (Lipinski definition) is 2. The molecule has 0 N–H and O–H groups in total. The minimum Gasteiger partial charge on any atom is -0.378 e. The summed E-state index contributed by atoms with van der Waals surface area (Å²) in [6.07, 6.45) is 1.78. The van der Waals surface area contributed by atoms with E-state index in [1.165, 1.54) is 0 Å². The summed E-state index contributed by atoms with van der Waals surface area (Å²) in [6, 6.07) is 0. The Morgan fingerprint density at radius 1 is 1.35 bits per heavy atom. The van der Waals surface area contributed by atoms with Crippen molar-refractivity contribution in [3.8, 4) is 0 Å². The predicted molar refractivity (Wildman–Crippen MR) is 67.9 cm³/mol. The van der Waals surface area contributed by atoms with Gasteiger partial charge in [-0.05, 0) is 17.4 Å². The van der Waals surface area contributed by atoms with Crippen LogP contribution in [-0.2, 0) is 9.53 Å². The number of amides is 1. The van der Waals surface area contributed by atoms with Crippen molar-refractivity contribution >= 4 is 29.1 Å². The van der Waals surface area contributed by atoms with Crippen molar-refractivity contribution in [1.29, 1.82) is 0 Å². The van der Waals surface area contributed by atoms with Gasteiger partial charge >= 0.3 is 0 Å². The van der Waals surface area contributed by atoms with Gasteiger partial charge in [0.05, 0.1) is 19.1 Å². The molecule has 3 nitrogen and oxygen atoms in total. The summed E-state index contributed by atoms with van der Waals surface area (Å²) in [5, 5.41) is 0. The monoisotopic (exact) mass is 277 g/mol. The number of rotatable bonds is 2. The smallest absolute Gasteiger partial charge is 0.227 e. The second-order valence-electron chi connectivity index (χ2n) is 5.22. The maximum Gasteiger partial charge on any atom is 0.227 e. The largest absolute Gasteiger partial charge is 0.378 e. The van der Waals surface area contributed by atoms with Crippen LogP contribution < -0.4 is 0 Å². The molecule has 2 fully saturated rings. The molecule has 0 radical (unpaired) electrons. The third-order valence-electron chi connectivity index (χ3n) is 3.81. The molecule has 1 aliphatic carbocycles.